The van der Waals surface area contributed by atoms with Crippen molar-refractivity contribution in [2.75, 3.05) is 19.7 Å². The number of hydrogen-bond donors (Lipinski definition) is 1. The number of aromatic nitrogens is 3. The third-order valence-corrected chi connectivity index (χ3v) is 8.73. The van der Waals surface area contributed by atoms with Gasteiger partial charge in [0, 0.05) is 37.3 Å². The molecule has 1 aliphatic rings. The average molecular weight is 577 g/mol. The van der Waals surface area contributed by atoms with Crippen LogP contribution in [0.4, 0.5) is 0 Å². The molecule has 1 aliphatic heterocycles. The first kappa shape index (κ1) is 28.3. The lowest BCUT2D eigenvalue weighted by atomic mass is 9.68. The zero-order valence-electron chi connectivity index (χ0n) is 24.7. The lowest BCUT2D eigenvalue weighted by Crippen LogP contribution is -2.47. The number of H-pyrrole nitrogens is 1. The molecule has 1 amide bonds. The fourth-order valence-electron chi connectivity index (χ4n) is 6.33. The van der Waals surface area contributed by atoms with Gasteiger partial charge in [0.15, 0.2) is 6.61 Å². The molecular weight excluding hydrogens is 540 g/mol. The minimum absolute atomic E-state index is 0.0306. The van der Waals surface area contributed by atoms with Crippen molar-refractivity contribution in [1.29, 1.82) is 0 Å². The van der Waals surface area contributed by atoms with Crippen molar-refractivity contribution in [1.82, 2.24) is 19.0 Å². The second-order valence-electron chi connectivity index (χ2n) is 11.6. The van der Waals surface area contributed by atoms with Crippen LogP contribution >= 0.6 is 0 Å². The molecule has 5 aromatic rings. The van der Waals surface area contributed by atoms with Crippen LogP contribution in [0.5, 0.6) is 5.75 Å². The second kappa shape index (κ2) is 11.4. The fraction of sp³-hybridized carbons (Fsp3) is 0.286. The quantitative estimate of drug-likeness (QED) is 0.286. The molecule has 3 heterocycles. The summed E-state index contributed by atoms with van der Waals surface area (Å²) in [6.07, 6.45) is 1.69. The molecule has 1 saturated heterocycles. The number of fused-ring (bicyclic) bond motifs is 1. The van der Waals surface area contributed by atoms with Crippen LogP contribution in [0.15, 0.2) is 101 Å². The first-order valence-corrected chi connectivity index (χ1v) is 14.7. The fourth-order valence-corrected chi connectivity index (χ4v) is 6.33. The van der Waals surface area contributed by atoms with Crippen LogP contribution in [-0.4, -0.2) is 44.6 Å². The summed E-state index contributed by atoms with van der Waals surface area (Å²) in [5.41, 5.74) is 4.29. The topological polar surface area (TPSA) is 89.3 Å². The third-order valence-electron chi connectivity index (χ3n) is 8.73. The van der Waals surface area contributed by atoms with E-state index in [9.17, 15) is 14.4 Å². The molecule has 0 radical (unpaired) electrons. The van der Waals surface area contributed by atoms with Crippen LogP contribution < -0.4 is 16.0 Å². The number of rotatable bonds is 7. The molecule has 0 saturated carbocycles. The van der Waals surface area contributed by atoms with Crippen LogP contribution in [0.3, 0.4) is 0 Å². The van der Waals surface area contributed by atoms with Crippen molar-refractivity contribution in [2.45, 2.75) is 38.1 Å². The number of nitrogens with one attached hydrogen (secondary N) is 1. The number of carbonyl (C=O) groups is 1. The normalized spacial score (nSPS) is 14.7. The zero-order chi connectivity index (χ0) is 30.1. The Morgan fingerprint density at radius 3 is 2.02 bits per heavy atom. The van der Waals surface area contributed by atoms with Crippen LogP contribution in [0.2, 0.25) is 0 Å². The minimum Gasteiger partial charge on any atom is -0.484 e. The molecule has 2 aromatic heterocycles. The highest BCUT2D eigenvalue weighted by Crippen LogP contribution is 2.41. The molecule has 0 bridgehead atoms. The van der Waals surface area contributed by atoms with Crippen molar-refractivity contribution < 1.29 is 9.53 Å². The summed E-state index contributed by atoms with van der Waals surface area (Å²) in [5.74, 6) is 0.556. The number of piperidine rings is 1. The standard InChI is InChI=1S/C35H36N4O4/c1-24(2)39-30-22-29(36-32(30)33(41)37(3)34(39)42)25-14-16-28(17-15-25)43-23-31(40)38-20-18-35(19-21-38,26-10-6-4-7-11-26)27-12-8-5-9-13-27/h4-17,22,24,36H,18-21,23H2,1-3H3. The molecule has 43 heavy (non-hydrogen) atoms. The Labute approximate surface area is 250 Å². The number of likely N-dealkylation sites (tertiary alicyclic amines) is 1. The second-order valence-corrected chi connectivity index (χ2v) is 11.6. The first-order chi connectivity index (χ1) is 20.8. The average Bonchev–Trinajstić information content (AvgIpc) is 3.48. The molecular formula is C35H36N4O4. The molecule has 0 aliphatic carbocycles. The van der Waals surface area contributed by atoms with Crippen molar-refractivity contribution in [3.8, 4) is 17.0 Å². The van der Waals surface area contributed by atoms with Crippen LogP contribution in [0.1, 0.15) is 43.9 Å². The Kier molecular flexibility index (Phi) is 7.52. The van der Waals surface area contributed by atoms with E-state index in [1.54, 1.807) is 4.57 Å². The molecule has 3 aromatic carbocycles. The Bertz CT molecular complexity index is 1820. The SMILES string of the molecule is CC(C)n1c(=O)n(C)c(=O)c2[nH]c(-c3ccc(OCC(=O)N4CCC(c5ccccc5)(c5ccccc5)CC4)cc3)cc21. The lowest BCUT2D eigenvalue weighted by Gasteiger charge is -2.43. The lowest BCUT2D eigenvalue weighted by molar-refractivity contribution is -0.134. The number of nitrogens with zero attached hydrogens (tertiary/aromatic N) is 3. The van der Waals surface area contributed by atoms with Crippen molar-refractivity contribution in [3.63, 3.8) is 0 Å². The van der Waals surface area contributed by atoms with E-state index < -0.39 is 0 Å². The summed E-state index contributed by atoms with van der Waals surface area (Å²) in [5, 5.41) is 0. The number of carbonyl (C=O) groups excluding carboxylic acids is 1. The van der Waals surface area contributed by atoms with Gasteiger partial charge in [0.05, 0.1) is 5.52 Å². The number of benzene rings is 3. The van der Waals surface area contributed by atoms with Gasteiger partial charge in [-0.2, -0.15) is 0 Å². The van der Waals surface area contributed by atoms with Crippen LogP contribution in [0, 0.1) is 0 Å². The summed E-state index contributed by atoms with van der Waals surface area (Å²) < 4.78 is 8.64. The molecule has 1 fully saturated rings. The van der Waals surface area contributed by atoms with Gasteiger partial charge < -0.3 is 14.6 Å². The van der Waals surface area contributed by atoms with E-state index in [0.29, 0.717) is 29.9 Å². The maximum Gasteiger partial charge on any atom is 0.331 e. The molecule has 8 heteroatoms. The van der Waals surface area contributed by atoms with E-state index in [2.05, 4.69) is 53.5 Å². The maximum absolute atomic E-state index is 13.2. The number of amides is 1. The van der Waals surface area contributed by atoms with Gasteiger partial charge >= 0.3 is 5.69 Å². The molecule has 0 atom stereocenters. The predicted molar refractivity (Wildman–Crippen MR) is 169 cm³/mol. The molecule has 0 unspecified atom stereocenters. The highest BCUT2D eigenvalue weighted by Gasteiger charge is 2.38. The van der Waals surface area contributed by atoms with Gasteiger partial charge in [-0.05, 0) is 73.7 Å². The van der Waals surface area contributed by atoms with E-state index in [1.165, 1.54) is 18.2 Å². The van der Waals surface area contributed by atoms with Gasteiger partial charge in [-0.3, -0.25) is 18.7 Å². The third kappa shape index (κ3) is 5.18. The summed E-state index contributed by atoms with van der Waals surface area (Å²) >= 11 is 0. The smallest absolute Gasteiger partial charge is 0.331 e. The Morgan fingerprint density at radius 1 is 0.884 bits per heavy atom. The first-order valence-electron chi connectivity index (χ1n) is 14.7. The summed E-state index contributed by atoms with van der Waals surface area (Å²) in [6.45, 7) is 5.11. The molecule has 8 nitrogen and oxygen atoms in total. The van der Waals surface area contributed by atoms with Gasteiger partial charge in [0.2, 0.25) is 0 Å². The van der Waals surface area contributed by atoms with E-state index >= 15 is 0 Å². The number of ether oxygens (including phenoxy) is 1. The van der Waals surface area contributed by atoms with E-state index in [1.807, 2.05) is 61.2 Å². The molecule has 6 rings (SSSR count). The van der Waals surface area contributed by atoms with Gasteiger partial charge in [0.1, 0.15) is 11.3 Å². The molecule has 0 spiro atoms. The summed E-state index contributed by atoms with van der Waals surface area (Å²) in [6, 6.07) is 30.3. The van der Waals surface area contributed by atoms with Gasteiger partial charge in [0.25, 0.3) is 11.5 Å². The zero-order valence-corrected chi connectivity index (χ0v) is 24.7. The van der Waals surface area contributed by atoms with Crippen LogP contribution in [-0.2, 0) is 17.3 Å². The Hall–Kier alpha value is -4.85. The van der Waals surface area contributed by atoms with Gasteiger partial charge in [-0.1, -0.05) is 60.7 Å². The number of hydrogen-bond acceptors (Lipinski definition) is 4. The van der Waals surface area contributed by atoms with Gasteiger partial charge in [-0.15, -0.1) is 0 Å². The summed E-state index contributed by atoms with van der Waals surface area (Å²) in [4.78, 5) is 43.7. The maximum atomic E-state index is 13.2. The van der Waals surface area contributed by atoms with Crippen molar-refractivity contribution in [2.24, 2.45) is 7.05 Å². The summed E-state index contributed by atoms with van der Waals surface area (Å²) in [7, 11) is 1.49. The Balaban J connectivity index is 1.13. The minimum atomic E-state index is -0.357. The molecule has 1 N–H and O–H groups in total. The molecule has 220 valence electrons. The van der Waals surface area contributed by atoms with Crippen LogP contribution in [0.25, 0.3) is 22.3 Å². The largest absolute Gasteiger partial charge is 0.484 e. The van der Waals surface area contributed by atoms with Crippen molar-refractivity contribution in [3.05, 3.63) is 123 Å². The predicted octanol–water partition coefficient (Wildman–Crippen LogP) is 5.26. The monoisotopic (exact) mass is 576 g/mol. The highest BCUT2D eigenvalue weighted by molar-refractivity contribution is 5.82. The Morgan fingerprint density at radius 2 is 1.47 bits per heavy atom. The number of aromatic amines is 1. The van der Waals surface area contributed by atoms with Crippen molar-refractivity contribution >= 4 is 16.9 Å². The van der Waals surface area contributed by atoms with E-state index in [0.717, 1.165) is 28.7 Å². The highest BCUT2D eigenvalue weighted by atomic mass is 16.5. The van der Waals surface area contributed by atoms with E-state index in [-0.39, 0.29) is 35.2 Å². The van der Waals surface area contributed by atoms with E-state index in [4.69, 9.17) is 4.74 Å². The van der Waals surface area contributed by atoms with Gasteiger partial charge in [-0.25, -0.2) is 4.79 Å².